The van der Waals surface area contributed by atoms with Crippen LogP contribution in [0.3, 0.4) is 0 Å². The summed E-state index contributed by atoms with van der Waals surface area (Å²) in [6, 6.07) is 5.45. The molecule has 0 aromatic heterocycles. The van der Waals surface area contributed by atoms with E-state index in [1.165, 1.54) is 0 Å². The van der Waals surface area contributed by atoms with Crippen molar-refractivity contribution >= 4 is 5.91 Å². The van der Waals surface area contributed by atoms with Gasteiger partial charge in [0.2, 0.25) is 5.91 Å². The van der Waals surface area contributed by atoms with Crippen molar-refractivity contribution in [3.63, 3.8) is 0 Å². The van der Waals surface area contributed by atoms with Crippen LogP contribution in [0, 0.1) is 0 Å². The zero-order valence-corrected chi connectivity index (χ0v) is 11.7. The minimum atomic E-state index is -0.338. The van der Waals surface area contributed by atoms with Crippen LogP contribution in [0.15, 0.2) is 18.2 Å². The molecule has 1 unspecified atom stereocenters. The molecule has 0 bridgehead atoms. The molecular weight excluding hydrogens is 244 g/mol. The number of hydrogen-bond acceptors (Lipinski definition) is 4. The van der Waals surface area contributed by atoms with Crippen LogP contribution in [0.5, 0.6) is 11.5 Å². The summed E-state index contributed by atoms with van der Waals surface area (Å²) in [4.78, 5) is 11.2. The van der Waals surface area contributed by atoms with Gasteiger partial charge < -0.3 is 20.5 Å². The molecule has 0 saturated heterocycles. The normalized spacial score (nSPS) is 11.9. The second-order valence-corrected chi connectivity index (χ2v) is 4.32. The fourth-order valence-electron chi connectivity index (χ4n) is 1.86. The molecule has 1 atom stereocenters. The molecule has 1 rings (SSSR count). The van der Waals surface area contributed by atoms with Crippen LogP contribution in [0.25, 0.3) is 0 Å². The van der Waals surface area contributed by atoms with E-state index in [1.54, 1.807) is 20.3 Å². The highest BCUT2D eigenvalue weighted by Gasteiger charge is 2.15. The van der Waals surface area contributed by atoms with E-state index in [1.807, 2.05) is 12.1 Å². The Hall–Kier alpha value is -1.75. The SMILES string of the molecule is CCCNC(CC(N)=O)c1cc(OC)cc(OC)c1. The van der Waals surface area contributed by atoms with Crippen LogP contribution >= 0.6 is 0 Å². The van der Waals surface area contributed by atoms with Crippen molar-refractivity contribution in [2.45, 2.75) is 25.8 Å². The average Bonchev–Trinajstić information content (AvgIpc) is 2.42. The monoisotopic (exact) mass is 266 g/mol. The van der Waals surface area contributed by atoms with Gasteiger partial charge in [-0.25, -0.2) is 0 Å². The van der Waals surface area contributed by atoms with Gasteiger partial charge in [-0.15, -0.1) is 0 Å². The Morgan fingerprint density at radius 2 is 1.84 bits per heavy atom. The fourth-order valence-corrected chi connectivity index (χ4v) is 1.86. The molecule has 0 fully saturated rings. The van der Waals surface area contributed by atoms with E-state index in [0.717, 1.165) is 18.5 Å². The number of carbonyl (C=O) groups excluding carboxylic acids is 1. The summed E-state index contributed by atoms with van der Waals surface area (Å²) in [7, 11) is 3.20. The number of hydrogen-bond donors (Lipinski definition) is 2. The summed E-state index contributed by atoms with van der Waals surface area (Å²) in [6.07, 6.45) is 1.23. The average molecular weight is 266 g/mol. The highest BCUT2D eigenvalue weighted by atomic mass is 16.5. The third kappa shape index (κ3) is 4.79. The maximum Gasteiger partial charge on any atom is 0.219 e. The summed E-state index contributed by atoms with van der Waals surface area (Å²) in [5, 5.41) is 3.31. The van der Waals surface area contributed by atoms with E-state index in [4.69, 9.17) is 15.2 Å². The first-order chi connectivity index (χ1) is 9.10. The Morgan fingerprint density at radius 3 is 2.26 bits per heavy atom. The molecule has 1 amide bonds. The second kappa shape index (κ2) is 7.63. The van der Waals surface area contributed by atoms with Gasteiger partial charge in [0.15, 0.2) is 0 Å². The van der Waals surface area contributed by atoms with Crippen LogP contribution in [0.1, 0.15) is 31.4 Å². The molecular formula is C14H22N2O3. The summed E-state index contributed by atoms with van der Waals surface area (Å²) < 4.78 is 10.5. The number of primary amides is 1. The van der Waals surface area contributed by atoms with E-state index in [9.17, 15) is 4.79 Å². The predicted molar refractivity (Wildman–Crippen MR) is 74.4 cm³/mol. The molecule has 5 heteroatoms. The van der Waals surface area contributed by atoms with Crippen LogP contribution in [0.2, 0.25) is 0 Å². The summed E-state index contributed by atoms with van der Waals surface area (Å²) in [5.74, 6) is 1.06. The molecule has 0 aliphatic heterocycles. The number of nitrogens with two attached hydrogens (primary N) is 1. The Morgan fingerprint density at radius 1 is 1.26 bits per heavy atom. The van der Waals surface area contributed by atoms with E-state index in [-0.39, 0.29) is 18.4 Å². The Labute approximate surface area is 114 Å². The van der Waals surface area contributed by atoms with Gasteiger partial charge in [-0.2, -0.15) is 0 Å². The van der Waals surface area contributed by atoms with E-state index < -0.39 is 0 Å². The van der Waals surface area contributed by atoms with Crippen LogP contribution in [0.4, 0.5) is 0 Å². The van der Waals surface area contributed by atoms with Crippen LogP contribution < -0.4 is 20.5 Å². The minimum absolute atomic E-state index is 0.124. The van der Waals surface area contributed by atoms with Gasteiger partial charge in [0, 0.05) is 18.5 Å². The van der Waals surface area contributed by atoms with Crippen molar-refractivity contribution in [1.82, 2.24) is 5.32 Å². The number of rotatable bonds is 8. The maximum absolute atomic E-state index is 11.2. The van der Waals surface area contributed by atoms with Gasteiger partial charge in [0.25, 0.3) is 0 Å². The fraction of sp³-hybridized carbons (Fsp3) is 0.500. The lowest BCUT2D eigenvalue weighted by Crippen LogP contribution is -2.27. The van der Waals surface area contributed by atoms with Crippen LogP contribution in [-0.2, 0) is 4.79 Å². The second-order valence-electron chi connectivity index (χ2n) is 4.32. The molecule has 1 aromatic carbocycles. The molecule has 0 spiro atoms. The molecule has 5 nitrogen and oxygen atoms in total. The van der Waals surface area contributed by atoms with Crippen molar-refractivity contribution in [3.05, 3.63) is 23.8 Å². The van der Waals surface area contributed by atoms with E-state index in [2.05, 4.69) is 12.2 Å². The highest BCUT2D eigenvalue weighted by molar-refractivity contribution is 5.74. The highest BCUT2D eigenvalue weighted by Crippen LogP contribution is 2.27. The zero-order valence-electron chi connectivity index (χ0n) is 11.7. The van der Waals surface area contributed by atoms with Gasteiger partial charge in [0.05, 0.1) is 14.2 Å². The molecule has 19 heavy (non-hydrogen) atoms. The lowest BCUT2D eigenvalue weighted by Gasteiger charge is -2.19. The molecule has 0 aliphatic carbocycles. The maximum atomic E-state index is 11.2. The van der Waals surface area contributed by atoms with Crippen molar-refractivity contribution < 1.29 is 14.3 Å². The van der Waals surface area contributed by atoms with Gasteiger partial charge in [-0.05, 0) is 30.7 Å². The number of ether oxygens (including phenoxy) is 2. The topological polar surface area (TPSA) is 73.6 Å². The van der Waals surface area contributed by atoms with Gasteiger partial charge in [0.1, 0.15) is 11.5 Å². The largest absolute Gasteiger partial charge is 0.497 e. The van der Waals surface area contributed by atoms with E-state index in [0.29, 0.717) is 11.5 Å². The zero-order chi connectivity index (χ0) is 14.3. The lowest BCUT2D eigenvalue weighted by molar-refractivity contribution is -0.118. The number of amides is 1. The molecule has 0 heterocycles. The third-order valence-electron chi connectivity index (χ3n) is 2.82. The smallest absolute Gasteiger partial charge is 0.219 e. The van der Waals surface area contributed by atoms with Crippen molar-refractivity contribution in [2.24, 2.45) is 5.73 Å². The number of nitrogens with one attached hydrogen (secondary N) is 1. The quantitative estimate of drug-likeness (QED) is 0.750. The van der Waals surface area contributed by atoms with Crippen molar-refractivity contribution in [1.29, 1.82) is 0 Å². The van der Waals surface area contributed by atoms with Crippen molar-refractivity contribution in [3.8, 4) is 11.5 Å². The lowest BCUT2D eigenvalue weighted by atomic mass is 10.0. The minimum Gasteiger partial charge on any atom is -0.497 e. The number of methoxy groups -OCH3 is 2. The molecule has 0 radical (unpaired) electrons. The van der Waals surface area contributed by atoms with Gasteiger partial charge >= 0.3 is 0 Å². The first-order valence-corrected chi connectivity index (χ1v) is 6.35. The van der Waals surface area contributed by atoms with Crippen molar-refractivity contribution in [2.75, 3.05) is 20.8 Å². The predicted octanol–water partition coefficient (Wildman–Crippen LogP) is 1.62. The standard InChI is InChI=1S/C14H22N2O3/c1-4-5-16-13(9-14(15)17)10-6-11(18-2)8-12(7-10)19-3/h6-8,13,16H,4-5,9H2,1-3H3,(H2,15,17). The summed E-state index contributed by atoms with van der Waals surface area (Å²) >= 11 is 0. The number of benzene rings is 1. The summed E-state index contributed by atoms with van der Waals surface area (Å²) in [5.41, 5.74) is 6.24. The Kier molecular flexibility index (Phi) is 6.15. The molecule has 0 aliphatic rings. The summed E-state index contributed by atoms with van der Waals surface area (Å²) in [6.45, 7) is 2.89. The van der Waals surface area contributed by atoms with Crippen LogP contribution in [-0.4, -0.2) is 26.7 Å². The van der Waals surface area contributed by atoms with Gasteiger partial charge in [-0.1, -0.05) is 6.92 Å². The molecule has 0 saturated carbocycles. The molecule has 1 aromatic rings. The van der Waals surface area contributed by atoms with E-state index >= 15 is 0 Å². The molecule has 3 N–H and O–H groups in total. The number of carbonyl (C=O) groups is 1. The Balaban J connectivity index is 3.01. The first kappa shape index (κ1) is 15.3. The molecule has 106 valence electrons. The first-order valence-electron chi connectivity index (χ1n) is 6.35. The third-order valence-corrected chi connectivity index (χ3v) is 2.82. The Bertz CT molecular complexity index is 399. The van der Waals surface area contributed by atoms with Gasteiger partial charge in [-0.3, -0.25) is 4.79 Å².